The predicted molar refractivity (Wildman–Crippen MR) is 122 cm³/mol. The van der Waals surface area contributed by atoms with Gasteiger partial charge in [0.15, 0.2) is 11.5 Å². The predicted octanol–water partition coefficient (Wildman–Crippen LogP) is 4.55. The van der Waals surface area contributed by atoms with Crippen molar-refractivity contribution < 1.29 is 14.3 Å². The topological polar surface area (TPSA) is 73.3 Å². The van der Waals surface area contributed by atoms with E-state index in [9.17, 15) is 4.79 Å². The SMILES string of the molecule is CCOc1ccc(CCNC(=O)c2ccc3nc4ccccc4nc3c2)cc1OCC. The lowest BCUT2D eigenvalue weighted by molar-refractivity contribution is 0.0954. The van der Waals surface area contributed by atoms with Gasteiger partial charge >= 0.3 is 0 Å². The molecule has 0 saturated carbocycles. The maximum absolute atomic E-state index is 12.6. The zero-order valence-corrected chi connectivity index (χ0v) is 17.7. The maximum Gasteiger partial charge on any atom is 0.251 e. The first-order chi connectivity index (χ1) is 15.2. The van der Waals surface area contributed by atoms with Crippen molar-refractivity contribution in [3.8, 4) is 11.5 Å². The molecule has 0 atom stereocenters. The third kappa shape index (κ3) is 4.74. The number of ether oxygens (including phenoxy) is 2. The summed E-state index contributed by atoms with van der Waals surface area (Å²) >= 11 is 0. The number of nitrogens with one attached hydrogen (secondary N) is 1. The Morgan fingerprint density at radius 2 is 1.48 bits per heavy atom. The molecule has 0 aliphatic rings. The number of carbonyl (C=O) groups excluding carboxylic acids is 1. The molecule has 3 aromatic carbocycles. The summed E-state index contributed by atoms with van der Waals surface area (Å²) in [6.45, 7) is 5.56. The number of aromatic nitrogens is 2. The number of fused-ring (bicyclic) bond motifs is 2. The van der Waals surface area contributed by atoms with E-state index in [0.29, 0.717) is 37.3 Å². The molecule has 0 aliphatic heterocycles. The average Bonchev–Trinajstić information content (AvgIpc) is 2.79. The van der Waals surface area contributed by atoms with E-state index in [4.69, 9.17) is 9.47 Å². The van der Waals surface area contributed by atoms with Crippen molar-refractivity contribution in [1.82, 2.24) is 15.3 Å². The van der Waals surface area contributed by atoms with E-state index in [0.717, 1.165) is 33.6 Å². The standard InChI is InChI=1S/C25H25N3O3/c1-3-30-23-12-9-17(15-24(23)31-4-2)13-14-26-25(29)18-10-11-21-22(16-18)28-20-8-6-5-7-19(20)27-21/h5-12,15-16H,3-4,13-14H2,1-2H3,(H,26,29). The van der Waals surface area contributed by atoms with Gasteiger partial charge in [0.05, 0.1) is 35.3 Å². The number of para-hydroxylation sites is 2. The number of carbonyl (C=O) groups is 1. The Bertz CT molecular complexity index is 1220. The summed E-state index contributed by atoms with van der Waals surface area (Å²) < 4.78 is 11.3. The Balaban J connectivity index is 1.43. The zero-order chi connectivity index (χ0) is 21.6. The molecule has 0 bridgehead atoms. The van der Waals surface area contributed by atoms with Gasteiger partial charge in [0.25, 0.3) is 5.91 Å². The second kappa shape index (κ2) is 9.43. The molecule has 0 spiro atoms. The van der Waals surface area contributed by atoms with E-state index < -0.39 is 0 Å². The number of rotatable bonds is 8. The molecule has 4 rings (SSSR count). The van der Waals surface area contributed by atoms with Crippen LogP contribution in [-0.4, -0.2) is 35.6 Å². The molecule has 158 valence electrons. The number of hydrogen-bond acceptors (Lipinski definition) is 5. The molecule has 4 aromatic rings. The average molecular weight is 415 g/mol. The Morgan fingerprint density at radius 1 is 0.806 bits per heavy atom. The van der Waals surface area contributed by atoms with Crippen molar-refractivity contribution in [2.45, 2.75) is 20.3 Å². The molecule has 1 heterocycles. The molecule has 31 heavy (non-hydrogen) atoms. The van der Waals surface area contributed by atoms with Crippen LogP contribution in [0.1, 0.15) is 29.8 Å². The van der Waals surface area contributed by atoms with Gasteiger partial charge in [-0.1, -0.05) is 18.2 Å². The van der Waals surface area contributed by atoms with Crippen molar-refractivity contribution >= 4 is 28.0 Å². The van der Waals surface area contributed by atoms with Gasteiger partial charge in [-0.25, -0.2) is 9.97 Å². The van der Waals surface area contributed by atoms with Crippen molar-refractivity contribution in [1.29, 1.82) is 0 Å². The van der Waals surface area contributed by atoms with Gasteiger partial charge in [0, 0.05) is 12.1 Å². The summed E-state index contributed by atoms with van der Waals surface area (Å²) in [6.07, 6.45) is 0.691. The molecule has 1 aromatic heterocycles. The first-order valence-electron chi connectivity index (χ1n) is 10.5. The Kier molecular flexibility index (Phi) is 6.26. The van der Waals surface area contributed by atoms with Crippen molar-refractivity contribution in [2.24, 2.45) is 0 Å². The van der Waals surface area contributed by atoms with Crippen LogP contribution < -0.4 is 14.8 Å². The summed E-state index contributed by atoms with van der Waals surface area (Å²) in [4.78, 5) is 21.9. The minimum Gasteiger partial charge on any atom is -0.490 e. The van der Waals surface area contributed by atoms with Crippen LogP contribution in [0.2, 0.25) is 0 Å². The van der Waals surface area contributed by atoms with E-state index in [2.05, 4.69) is 15.3 Å². The number of hydrogen-bond donors (Lipinski definition) is 1. The van der Waals surface area contributed by atoms with E-state index in [1.807, 2.05) is 62.4 Å². The molecule has 0 saturated heterocycles. The van der Waals surface area contributed by atoms with Gasteiger partial charge in [-0.15, -0.1) is 0 Å². The highest BCUT2D eigenvalue weighted by molar-refractivity contribution is 5.98. The summed E-state index contributed by atoms with van der Waals surface area (Å²) in [5.41, 5.74) is 4.77. The third-order valence-electron chi connectivity index (χ3n) is 4.91. The lowest BCUT2D eigenvalue weighted by Crippen LogP contribution is -2.25. The van der Waals surface area contributed by atoms with Crippen LogP contribution in [0.15, 0.2) is 60.7 Å². The largest absolute Gasteiger partial charge is 0.490 e. The van der Waals surface area contributed by atoms with Crippen LogP contribution >= 0.6 is 0 Å². The van der Waals surface area contributed by atoms with Crippen LogP contribution in [0.3, 0.4) is 0 Å². The second-order valence-electron chi connectivity index (χ2n) is 7.07. The normalized spacial score (nSPS) is 10.9. The summed E-state index contributed by atoms with van der Waals surface area (Å²) in [6, 6.07) is 19.0. The lowest BCUT2D eigenvalue weighted by Gasteiger charge is -2.12. The van der Waals surface area contributed by atoms with Gasteiger partial charge in [-0.2, -0.15) is 0 Å². The zero-order valence-electron chi connectivity index (χ0n) is 17.7. The van der Waals surface area contributed by atoms with E-state index >= 15 is 0 Å². The fourth-order valence-electron chi connectivity index (χ4n) is 3.44. The minimum absolute atomic E-state index is 0.132. The van der Waals surface area contributed by atoms with E-state index in [-0.39, 0.29) is 5.91 Å². The summed E-state index contributed by atoms with van der Waals surface area (Å²) in [5, 5.41) is 2.98. The van der Waals surface area contributed by atoms with Gasteiger partial charge in [0.1, 0.15) is 0 Å². The van der Waals surface area contributed by atoms with Crippen LogP contribution in [0.4, 0.5) is 0 Å². The smallest absolute Gasteiger partial charge is 0.251 e. The molecule has 0 radical (unpaired) electrons. The summed E-state index contributed by atoms with van der Waals surface area (Å²) in [7, 11) is 0. The van der Waals surface area contributed by atoms with Gasteiger partial charge in [-0.3, -0.25) is 4.79 Å². The highest BCUT2D eigenvalue weighted by atomic mass is 16.5. The van der Waals surface area contributed by atoms with Crippen molar-refractivity contribution in [3.63, 3.8) is 0 Å². The van der Waals surface area contributed by atoms with E-state index in [1.54, 1.807) is 12.1 Å². The van der Waals surface area contributed by atoms with Crippen LogP contribution in [0.5, 0.6) is 11.5 Å². The van der Waals surface area contributed by atoms with Crippen molar-refractivity contribution in [3.05, 3.63) is 71.8 Å². The number of amides is 1. The molecule has 0 unspecified atom stereocenters. The second-order valence-corrected chi connectivity index (χ2v) is 7.07. The van der Waals surface area contributed by atoms with Crippen LogP contribution in [0, 0.1) is 0 Å². The fourth-order valence-corrected chi connectivity index (χ4v) is 3.44. The monoisotopic (exact) mass is 415 g/mol. The molecule has 1 N–H and O–H groups in total. The molecule has 0 fully saturated rings. The molecular weight excluding hydrogens is 390 g/mol. The van der Waals surface area contributed by atoms with E-state index in [1.165, 1.54) is 0 Å². The van der Waals surface area contributed by atoms with Gasteiger partial charge in [-0.05, 0) is 68.3 Å². The Hall–Kier alpha value is -3.67. The highest BCUT2D eigenvalue weighted by Gasteiger charge is 2.10. The molecule has 1 amide bonds. The summed E-state index contributed by atoms with van der Waals surface area (Å²) in [5.74, 6) is 1.34. The van der Waals surface area contributed by atoms with Crippen LogP contribution in [-0.2, 0) is 6.42 Å². The molecule has 0 aliphatic carbocycles. The Labute approximate surface area is 181 Å². The lowest BCUT2D eigenvalue weighted by atomic mass is 10.1. The number of nitrogens with zero attached hydrogens (tertiary/aromatic N) is 2. The first-order valence-corrected chi connectivity index (χ1v) is 10.5. The molecular formula is C25H25N3O3. The van der Waals surface area contributed by atoms with Gasteiger partial charge < -0.3 is 14.8 Å². The fraction of sp³-hybridized carbons (Fsp3) is 0.240. The maximum atomic E-state index is 12.6. The molecule has 6 heteroatoms. The van der Waals surface area contributed by atoms with Crippen molar-refractivity contribution in [2.75, 3.05) is 19.8 Å². The van der Waals surface area contributed by atoms with Crippen LogP contribution in [0.25, 0.3) is 22.1 Å². The minimum atomic E-state index is -0.132. The molecule has 6 nitrogen and oxygen atoms in total. The quantitative estimate of drug-likeness (QED) is 0.427. The third-order valence-corrected chi connectivity index (χ3v) is 4.91. The first kappa shape index (κ1) is 20.6. The highest BCUT2D eigenvalue weighted by Crippen LogP contribution is 2.28. The Morgan fingerprint density at radius 3 is 2.23 bits per heavy atom. The number of benzene rings is 3. The van der Waals surface area contributed by atoms with Gasteiger partial charge in [0.2, 0.25) is 0 Å².